The van der Waals surface area contributed by atoms with Crippen molar-refractivity contribution in [2.24, 2.45) is 0 Å². The van der Waals surface area contributed by atoms with Gasteiger partial charge in [-0.05, 0) is 12.8 Å². The maximum absolute atomic E-state index is 3.40. The molecule has 82 valence electrons. The minimum Gasteiger partial charge on any atom is -0.302 e. The van der Waals surface area contributed by atoms with Gasteiger partial charge >= 0.3 is 0 Å². The van der Waals surface area contributed by atoms with Crippen LogP contribution in [0.4, 0.5) is 0 Å². The Morgan fingerprint density at radius 3 is 2.57 bits per heavy atom. The summed E-state index contributed by atoms with van der Waals surface area (Å²) in [5, 5.41) is 4.46. The first kappa shape index (κ1) is 11.5. The fourth-order valence-corrected chi connectivity index (χ4v) is 1.50. The van der Waals surface area contributed by atoms with Gasteiger partial charge < -0.3 is 5.01 Å². The molecule has 1 rings (SSSR count). The Balaban J connectivity index is 2.21. The molecule has 1 N–H and O–H groups in total. The molecule has 0 saturated carbocycles. The summed E-state index contributed by atoms with van der Waals surface area (Å²) in [6.45, 7) is 7.73. The van der Waals surface area contributed by atoms with Gasteiger partial charge in [0.25, 0.3) is 0 Å². The monoisotopic (exact) mass is 197 g/mol. The number of hydrazine groups is 2. The molecule has 0 atom stereocenters. The van der Waals surface area contributed by atoms with Crippen molar-refractivity contribution in [1.29, 1.82) is 0 Å². The van der Waals surface area contributed by atoms with Crippen molar-refractivity contribution in [1.82, 2.24) is 15.6 Å². The molecule has 0 aliphatic carbocycles. The van der Waals surface area contributed by atoms with Crippen molar-refractivity contribution in [2.45, 2.75) is 39.5 Å². The molecule has 3 heteroatoms. The summed E-state index contributed by atoms with van der Waals surface area (Å²) >= 11 is 0. The van der Waals surface area contributed by atoms with Crippen LogP contribution < -0.4 is 5.53 Å². The molecule has 14 heavy (non-hydrogen) atoms. The zero-order valence-corrected chi connectivity index (χ0v) is 9.50. The largest absolute Gasteiger partial charge is 0.302 e. The molecule has 1 aliphatic rings. The average molecular weight is 197 g/mol. The van der Waals surface area contributed by atoms with Crippen LogP contribution in [0.5, 0.6) is 0 Å². The smallest absolute Gasteiger partial charge is 0.0351 e. The Bertz CT molecular complexity index is 168. The predicted octanol–water partition coefficient (Wildman–Crippen LogP) is 2.14. The van der Waals surface area contributed by atoms with E-state index in [1.807, 2.05) is 0 Å². The van der Waals surface area contributed by atoms with E-state index in [1.165, 1.54) is 25.7 Å². The van der Waals surface area contributed by atoms with E-state index in [4.69, 9.17) is 0 Å². The number of unbranched alkanes of at least 4 members (excludes halogenated alkanes) is 2. The Labute approximate surface area is 87.7 Å². The summed E-state index contributed by atoms with van der Waals surface area (Å²) in [6.07, 6.45) is 9.40. The second-order valence-electron chi connectivity index (χ2n) is 3.83. The van der Waals surface area contributed by atoms with E-state index in [1.54, 1.807) is 0 Å². The highest BCUT2D eigenvalue weighted by atomic mass is 15.7. The summed E-state index contributed by atoms with van der Waals surface area (Å²) in [5.41, 5.74) is 3.40. The summed E-state index contributed by atoms with van der Waals surface area (Å²) in [7, 11) is 0. The predicted molar refractivity (Wildman–Crippen MR) is 60.4 cm³/mol. The highest BCUT2D eigenvalue weighted by Crippen LogP contribution is 2.01. The Morgan fingerprint density at radius 1 is 1.14 bits per heavy atom. The molecular weight excluding hydrogens is 174 g/mol. The van der Waals surface area contributed by atoms with Crippen molar-refractivity contribution < 1.29 is 0 Å². The van der Waals surface area contributed by atoms with Crippen molar-refractivity contribution in [3.63, 3.8) is 0 Å². The number of hydrogen-bond donors (Lipinski definition) is 1. The first-order valence-corrected chi connectivity index (χ1v) is 5.81. The third-order valence-corrected chi connectivity index (χ3v) is 2.42. The highest BCUT2D eigenvalue weighted by Gasteiger charge is 2.09. The topological polar surface area (TPSA) is 18.5 Å². The number of rotatable bonds is 6. The lowest BCUT2D eigenvalue weighted by molar-refractivity contribution is 0.0525. The van der Waals surface area contributed by atoms with Crippen molar-refractivity contribution in [3.8, 4) is 0 Å². The molecule has 3 nitrogen and oxygen atoms in total. The van der Waals surface area contributed by atoms with E-state index in [2.05, 4.69) is 41.7 Å². The molecule has 0 aromatic rings. The molecule has 0 spiro atoms. The van der Waals surface area contributed by atoms with Crippen LogP contribution in [0.2, 0.25) is 0 Å². The van der Waals surface area contributed by atoms with Crippen molar-refractivity contribution in [2.75, 3.05) is 19.6 Å². The fraction of sp³-hybridized carbons (Fsp3) is 0.818. The van der Waals surface area contributed by atoms with Gasteiger partial charge in [0.1, 0.15) is 0 Å². The molecule has 0 aromatic heterocycles. The standard InChI is InChI=1S/C11H23N3/c1-3-5-8-13-10-7-11-14(12-13)9-6-4-2/h7,10,12H,3-6,8-9,11H2,1-2H3. The van der Waals surface area contributed by atoms with Crippen molar-refractivity contribution in [3.05, 3.63) is 12.3 Å². The Hall–Kier alpha value is -0.540. The molecule has 0 unspecified atom stereocenters. The first-order valence-electron chi connectivity index (χ1n) is 5.81. The lowest BCUT2D eigenvalue weighted by Gasteiger charge is -2.33. The second kappa shape index (κ2) is 6.85. The molecule has 1 heterocycles. The van der Waals surface area contributed by atoms with E-state index in [9.17, 15) is 0 Å². The van der Waals surface area contributed by atoms with Gasteiger partial charge in [-0.2, -0.15) is 5.53 Å². The molecule has 0 bridgehead atoms. The zero-order valence-electron chi connectivity index (χ0n) is 9.50. The second-order valence-corrected chi connectivity index (χ2v) is 3.83. The van der Waals surface area contributed by atoms with Gasteiger partial charge in [0.2, 0.25) is 0 Å². The Kier molecular flexibility index (Phi) is 5.64. The summed E-state index contributed by atoms with van der Waals surface area (Å²) < 4.78 is 0. The van der Waals surface area contributed by atoms with E-state index in [-0.39, 0.29) is 0 Å². The van der Waals surface area contributed by atoms with Gasteiger partial charge in [0.15, 0.2) is 0 Å². The van der Waals surface area contributed by atoms with Crippen LogP contribution in [0.1, 0.15) is 39.5 Å². The van der Waals surface area contributed by atoms with Crippen LogP contribution >= 0.6 is 0 Å². The third-order valence-electron chi connectivity index (χ3n) is 2.42. The van der Waals surface area contributed by atoms with E-state index >= 15 is 0 Å². The minimum atomic E-state index is 1.03. The average Bonchev–Trinajstić information content (AvgIpc) is 2.24. The normalized spacial score (nSPS) is 17.7. The van der Waals surface area contributed by atoms with Gasteiger partial charge in [-0.15, -0.1) is 0 Å². The maximum atomic E-state index is 3.40. The quantitative estimate of drug-likeness (QED) is 0.704. The number of nitrogens with one attached hydrogen (secondary N) is 1. The molecule has 0 amide bonds. The van der Waals surface area contributed by atoms with Gasteiger partial charge in [-0.25, -0.2) is 5.01 Å². The third kappa shape index (κ3) is 4.11. The molecule has 0 aromatic carbocycles. The van der Waals surface area contributed by atoms with E-state index in [0.29, 0.717) is 0 Å². The summed E-state index contributed by atoms with van der Waals surface area (Å²) in [6, 6.07) is 0. The maximum Gasteiger partial charge on any atom is 0.0351 e. The summed E-state index contributed by atoms with van der Waals surface area (Å²) in [5.74, 6) is 0. The zero-order chi connectivity index (χ0) is 10.2. The molecular formula is C11H23N3. The Morgan fingerprint density at radius 2 is 1.86 bits per heavy atom. The number of nitrogens with zero attached hydrogens (tertiary/aromatic N) is 2. The van der Waals surface area contributed by atoms with Crippen LogP contribution in [0.15, 0.2) is 12.3 Å². The number of hydrogen-bond acceptors (Lipinski definition) is 3. The van der Waals surface area contributed by atoms with E-state index in [0.717, 1.165) is 19.6 Å². The summed E-state index contributed by atoms with van der Waals surface area (Å²) in [4.78, 5) is 0. The molecule has 0 fully saturated rings. The molecule has 1 aliphatic heterocycles. The van der Waals surface area contributed by atoms with Crippen LogP contribution in [-0.4, -0.2) is 29.7 Å². The van der Waals surface area contributed by atoms with Crippen LogP contribution in [0.25, 0.3) is 0 Å². The first-order chi connectivity index (χ1) is 6.86. The van der Waals surface area contributed by atoms with Gasteiger partial charge in [-0.1, -0.05) is 32.8 Å². The van der Waals surface area contributed by atoms with E-state index < -0.39 is 0 Å². The van der Waals surface area contributed by atoms with Crippen LogP contribution in [0.3, 0.4) is 0 Å². The fourth-order valence-electron chi connectivity index (χ4n) is 1.50. The molecule has 0 saturated heterocycles. The SMILES string of the molecule is CCCCN1C=CCN(CCCC)N1. The lowest BCUT2D eigenvalue weighted by atomic mass is 10.3. The van der Waals surface area contributed by atoms with Gasteiger partial charge in [-0.3, -0.25) is 0 Å². The van der Waals surface area contributed by atoms with Gasteiger partial charge in [0, 0.05) is 25.8 Å². The van der Waals surface area contributed by atoms with Crippen LogP contribution in [0, 0.1) is 0 Å². The van der Waals surface area contributed by atoms with Crippen LogP contribution in [-0.2, 0) is 0 Å². The van der Waals surface area contributed by atoms with Gasteiger partial charge in [0.05, 0.1) is 0 Å². The molecule has 0 radical (unpaired) electrons. The van der Waals surface area contributed by atoms with Crippen molar-refractivity contribution >= 4 is 0 Å². The highest BCUT2D eigenvalue weighted by molar-refractivity contribution is 4.86. The lowest BCUT2D eigenvalue weighted by Crippen LogP contribution is -2.50. The minimum absolute atomic E-state index is 1.03.